The first-order valence-electron chi connectivity index (χ1n) is 14.7. The molecule has 0 atom stereocenters. The van der Waals surface area contributed by atoms with Crippen LogP contribution in [-0.4, -0.2) is 87.8 Å². The maximum Gasteiger partial charge on any atom is 0.335 e. The van der Waals surface area contributed by atoms with Crippen LogP contribution in [0.2, 0.25) is 0 Å². The van der Waals surface area contributed by atoms with Crippen molar-refractivity contribution in [2.45, 2.75) is 83.0 Å². The first-order valence-corrected chi connectivity index (χ1v) is 16.6. The monoisotopic (exact) mass is 639 g/mol. The third kappa shape index (κ3) is 16.6. The van der Waals surface area contributed by atoms with Gasteiger partial charge in [-0.25, -0.2) is 8.42 Å². The van der Waals surface area contributed by atoms with Crippen molar-refractivity contribution in [1.82, 2.24) is 10.2 Å². The lowest BCUT2D eigenvalue weighted by Crippen LogP contribution is -2.23. The Bertz CT molecular complexity index is 1270. The molecule has 44 heavy (non-hydrogen) atoms. The van der Waals surface area contributed by atoms with E-state index in [1.807, 2.05) is 20.8 Å². The van der Waals surface area contributed by atoms with Gasteiger partial charge in [0.25, 0.3) is 0 Å². The molecule has 0 radical (unpaired) electrons. The van der Waals surface area contributed by atoms with E-state index in [0.717, 1.165) is 25.5 Å². The van der Waals surface area contributed by atoms with Crippen molar-refractivity contribution in [1.29, 1.82) is 0 Å². The fourth-order valence-electron chi connectivity index (χ4n) is 3.71. The van der Waals surface area contributed by atoms with Crippen LogP contribution in [0.25, 0.3) is 11.5 Å². The predicted octanol–water partition coefficient (Wildman–Crippen LogP) is 4.16. The van der Waals surface area contributed by atoms with Crippen LogP contribution in [0.3, 0.4) is 0 Å². The van der Waals surface area contributed by atoms with E-state index in [2.05, 4.69) is 15.5 Å². The number of carbonyl (C=O) groups excluding carboxylic acids is 3. The Morgan fingerprint density at radius 3 is 1.89 bits per heavy atom. The summed E-state index contributed by atoms with van der Waals surface area (Å²) in [6.07, 6.45) is 4.92. The highest BCUT2D eigenvalue weighted by Gasteiger charge is 2.18. The summed E-state index contributed by atoms with van der Waals surface area (Å²) >= 11 is 0. The number of rotatable bonds is 22. The molecular weight excluding hydrogens is 594 g/mol. The molecule has 1 heterocycles. The van der Waals surface area contributed by atoms with Crippen LogP contribution in [0.15, 0.2) is 33.9 Å². The molecule has 0 aliphatic rings. The number of ketones is 1. The molecule has 0 bridgehead atoms. The average Bonchev–Trinajstić information content (AvgIpc) is 3.45. The zero-order valence-electron chi connectivity index (χ0n) is 26.1. The number of sulfone groups is 1. The lowest BCUT2D eigenvalue weighted by Gasteiger charge is -2.19. The third-order valence-electron chi connectivity index (χ3n) is 5.85. The Kier molecular flexibility index (Phi) is 16.2. The van der Waals surface area contributed by atoms with E-state index in [4.69, 9.17) is 23.4 Å². The summed E-state index contributed by atoms with van der Waals surface area (Å²) in [5.41, 5.74) is 0.574. The van der Waals surface area contributed by atoms with Crippen LogP contribution in [0.5, 0.6) is 0 Å². The predicted molar refractivity (Wildman–Crippen MR) is 162 cm³/mol. The molecule has 0 saturated heterocycles. The molecule has 1 amide bonds. The summed E-state index contributed by atoms with van der Waals surface area (Å²) in [6, 6.07) is 6.47. The van der Waals surface area contributed by atoms with Crippen LogP contribution >= 0.6 is 0 Å². The van der Waals surface area contributed by atoms with Gasteiger partial charge in [-0.2, -0.15) is 0 Å². The molecule has 1 aromatic carbocycles. The molecule has 0 unspecified atom stereocenters. The number of ether oxygens (including phenoxy) is 4. The third-order valence-corrected chi connectivity index (χ3v) is 6.65. The van der Waals surface area contributed by atoms with Crippen molar-refractivity contribution in [2.75, 3.05) is 51.2 Å². The standard InChI is InChI=1S/C30H45N3O10S/c1-30(2,3)43-27(36)10-6-8-18-40-20-22-41-21-19-39-17-7-5-9-25(34)15-16-26(35)31-24-13-11-23(12-14-24)28-32-33-29(42-28)44(4,37)38/h11-14H,5-10,15-22H2,1-4H3,(H,31,35). The molecule has 246 valence electrons. The number of Topliss-reactive ketones (excluding diaryl/α,β-unsaturated/α-hetero) is 1. The van der Waals surface area contributed by atoms with E-state index >= 15 is 0 Å². The van der Waals surface area contributed by atoms with E-state index in [1.165, 1.54) is 0 Å². The molecule has 1 N–H and O–H groups in total. The van der Waals surface area contributed by atoms with Gasteiger partial charge in [0.1, 0.15) is 11.4 Å². The van der Waals surface area contributed by atoms with Crippen molar-refractivity contribution in [3.63, 3.8) is 0 Å². The number of anilines is 1. The number of carbonyl (C=O) groups is 3. The van der Waals surface area contributed by atoms with Crippen molar-refractivity contribution in [3.8, 4) is 11.5 Å². The van der Waals surface area contributed by atoms with E-state index in [1.54, 1.807) is 24.3 Å². The van der Waals surface area contributed by atoms with Gasteiger partial charge >= 0.3 is 11.2 Å². The molecule has 0 saturated carbocycles. The van der Waals surface area contributed by atoms with E-state index < -0.39 is 20.7 Å². The summed E-state index contributed by atoms with van der Waals surface area (Å²) in [4.78, 5) is 36.0. The highest BCUT2D eigenvalue weighted by molar-refractivity contribution is 7.90. The van der Waals surface area contributed by atoms with Crippen molar-refractivity contribution in [3.05, 3.63) is 24.3 Å². The molecule has 0 aliphatic heterocycles. The summed E-state index contributed by atoms with van der Waals surface area (Å²) in [5, 5.41) is 9.50. The minimum atomic E-state index is -3.60. The second-order valence-electron chi connectivity index (χ2n) is 11.1. The van der Waals surface area contributed by atoms with Gasteiger partial charge < -0.3 is 28.7 Å². The Labute approximate surface area is 259 Å². The highest BCUT2D eigenvalue weighted by atomic mass is 32.2. The summed E-state index contributed by atoms with van der Waals surface area (Å²) < 4.78 is 49.9. The van der Waals surface area contributed by atoms with Gasteiger partial charge in [0.05, 0.1) is 26.4 Å². The highest BCUT2D eigenvalue weighted by Crippen LogP contribution is 2.22. The Hall–Kier alpha value is -3.20. The van der Waals surface area contributed by atoms with Crippen LogP contribution in [0.1, 0.15) is 72.1 Å². The zero-order chi connectivity index (χ0) is 32.4. The van der Waals surface area contributed by atoms with Crippen LogP contribution in [-0.2, 0) is 43.2 Å². The smallest absolute Gasteiger partial charge is 0.335 e. The van der Waals surface area contributed by atoms with Gasteiger partial charge in [-0.1, -0.05) is 5.10 Å². The minimum absolute atomic E-state index is 0.0155. The largest absolute Gasteiger partial charge is 0.460 e. The quantitative estimate of drug-likeness (QED) is 0.144. The lowest BCUT2D eigenvalue weighted by atomic mass is 10.1. The number of unbranched alkanes of at least 4 members (excludes halogenated alkanes) is 2. The Balaban J connectivity index is 1.41. The van der Waals surface area contributed by atoms with Gasteiger partial charge in [0.15, 0.2) is 0 Å². The second-order valence-corrected chi connectivity index (χ2v) is 13.0. The Morgan fingerprint density at radius 2 is 1.34 bits per heavy atom. The number of esters is 1. The summed E-state index contributed by atoms with van der Waals surface area (Å²) in [5.74, 6) is -0.403. The van der Waals surface area contributed by atoms with Crippen LogP contribution in [0.4, 0.5) is 5.69 Å². The van der Waals surface area contributed by atoms with Crippen LogP contribution < -0.4 is 5.32 Å². The fraction of sp³-hybridized carbons (Fsp3) is 0.633. The Morgan fingerprint density at radius 1 is 0.773 bits per heavy atom. The van der Waals surface area contributed by atoms with Gasteiger partial charge in [-0.05, 0) is 70.7 Å². The van der Waals surface area contributed by atoms with Gasteiger partial charge in [-0.3, -0.25) is 14.4 Å². The average molecular weight is 640 g/mol. The maximum atomic E-state index is 12.2. The van der Waals surface area contributed by atoms with E-state index in [-0.39, 0.29) is 36.4 Å². The first kappa shape index (κ1) is 37.0. The SMILES string of the molecule is CC(C)(C)OC(=O)CCCCOCCOCCOCCCCC(=O)CCC(=O)Nc1ccc(-c2nnc(S(C)(=O)=O)o2)cc1. The summed E-state index contributed by atoms with van der Waals surface area (Å²) in [6.45, 7) is 8.52. The number of benzene rings is 1. The maximum absolute atomic E-state index is 12.2. The number of hydrogen-bond donors (Lipinski definition) is 1. The van der Waals surface area contributed by atoms with Gasteiger partial charge in [0.2, 0.25) is 21.6 Å². The molecule has 2 aromatic rings. The minimum Gasteiger partial charge on any atom is -0.460 e. The van der Waals surface area contributed by atoms with Crippen molar-refractivity contribution < 1.29 is 46.2 Å². The van der Waals surface area contributed by atoms with E-state index in [9.17, 15) is 22.8 Å². The fourth-order valence-corrected chi connectivity index (χ4v) is 4.13. The van der Waals surface area contributed by atoms with E-state index in [0.29, 0.717) is 70.2 Å². The summed E-state index contributed by atoms with van der Waals surface area (Å²) in [7, 11) is -3.60. The normalized spacial score (nSPS) is 11.8. The number of nitrogens with zero attached hydrogens (tertiary/aromatic N) is 2. The lowest BCUT2D eigenvalue weighted by molar-refractivity contribution is -0.155. The first-order chi connectivity index (χ1) is 20.8. The van der Waals surface area contributed by atoms with Crippen molar-refractivity contribution in [2.24, 2.45) is 0 Å². The van der Waals surface area contributed by atoms with Crippen molar-refractivity contribution >= 4 is 33.2 Å². The number of hydrogen-bond acceptors (Lipinski definition) is 12. The van der Waals surface area contributed by atoms with Crippen LogP contribution in [0, 0.1) is 0 Å². The topological polar surface area (TPSA) is 173 Å². The molecule has 0 spiro atoms. The number of nitrogens with one attached hydrogen (secondary N) is 1. The number of aromatic nitrogens is 2. The molecule has 14 heteroatoms. The zero-order valence-corrected chi connectivity index (χ0v) is 26.9. The molecule has 0 aliphatic carbocycles. The molecule has 0 fully saturated rings. The molecule has 2 rings (SSSR count). The van der Waals surface area contributed by atoms with Gasteiger partial charge in [-0.15, -0.1) is 5.10 Å². The number of amides is 1. The second kappa shape index (κ2) is 19.2. The molecule has 13 nitrogen and oxygen atoms in total. The molecular formula is C30H45N3O10S. The van der Waals surface area contributed by atoms with Gasteiger partial charge in [0, 0.05) is 56.4 Å². The molecule has 1 aromatic heterocycles.